The van der Waals surface area contributed by atoms with E-state index in [2.05, 4.69) is 5.32 Å². The molecule has 11 heavy (non-hydrogen) atoms. The second kappa shape index (κ2) is 3.58. The zero-order chi connectivity index (χ0) is 8.27. The third kappa shape index (κ3) is 2.09. The lowest BCUT2D eigenvalue weighted by Gasteiger charge is -2.10. The van der Waals surface area contributed by atoms with Gasteiger partial charge in [0.25, 0.3) is 0 Å². The Morgan fingerprint density at radius 1 is 1.55 bits per heavy atom. The third-order valence-electron chi connectivity index (χ3n) is 1.72. The van der Waals surface area contributed by atoms with Crippen LogP contribution in [-0.2, 0) is 4.79 Å². The number of nitrogens with one attached hydrogen (secondary N) is 1. The van der Waals surface area contributed by atoms with Gasteiger partial charge in [-0.1, -0.05) is 6.08 Å². The van der Waals surface area contributed by atoms with Crippen LogP contribution < -0.4 is 5.32 Å². The first kappa shape index (κ1) is 8.34. The standard InChI is InChI=1S/C8H10ClNO/c1-10-7-4-2-6(3-5-7)8(9)11/h2,4,10H,3,5H2,1H3. The Balaban J connectivity index is 2.69. The van der Waals surface area contributed by atoms with Crippen molar-refractivity contribution < 1.29 is 4.79 Å². The summed E-state index contributed by atoms with van der Waals surface area (Å²) in [7, 11) is 1.87. The predicted octanol–water partition coefficient (Wildman–Crippen LogP) is 1.58. The molecule has 0 aromatic carbocycles. The van der Waals surface area contributed by atoms with Crippen molar-refractivity contribution in [3.05, 3.63) is 23.4 Å². The van der Waals surface area contributed by atoms with Crippen molar-refractivity contribution in [1.29, 1.82) is 0 Å². The first-order chi connectivity index (χ1) is 5.24. The van der Waals surface area contributed by atoms with Crippen molar-refractivity contribution in [1.82, 2.24) is 5.32 Å². The second-order valence-corrected chi connectivity index (χ2v) is 2.75. The van der Waals surface area contributed by atoms with Gasteiger partial charge in [-0.05, 0) is 30.5 Å². The fourth-order valence-electron chi connectivity index (χ4n) is 1.01. The number of hydrogen-bond donors (Lipinski definition) is 1. The molecule has 0 aliphatic heterocycles. The molecule has 0 spiro atoms. The van der Waals surface area contributed by atoms with Crippen LogP contribution in [0.4, 0.5) is 0 Å². The van der Waals surface area contributed by atoms with Crippen LogP contribution >= 0.6 is 11.6 Å². The summed E-state index contributed by atoms with van der Waals surface area (Å²) in [5, 5.41) is 2.69. The number of rotatable bonds is 2. The largest absolute Gasteiger partial charge is 0.391 e. The molecule has 1 N–H and O–H groups in total. The number of carbonyl (C=O) groups is 1. The molecule has 0 radical (unpaired) electrons. The molecule has 1 rings (SSSR count). The topological polar surface area (TPSA) is 29.1 Å². The van der Waals surface area contributed by atoms with Gasteiger partial charge in [-0.15, -0.1) is 0 Å². The fraction of sp³-hybridized carbons (Fsp3) is 0.375. The van der Waals surface area contributed by atoms with Crippen LogP contribution in [0, 0.1) is 0 Å². The minimum Gasteiger partial charge on any atom is -0.391 e. The Morgan fingerprint density at radius 3 is 2.64 bits per heavy atom. The highest BCUT2D eigenvalue weighted by atomic mass is 35.5. The van der Waals surface area contributed by atoms with Crippen molar-refractivity contribution in [3.8, 4) is 0 Å². The monoisotopic (exact) mass is 171 g/mol. The molecule has 0 heterocycles. The van der Waals surface area contributed by atoms with E-state index < -0.39 is 0 Å². The molecule has 0 atom stereocenters. The van der Waals surface area contributed by atoms with Crippen molar-refractivity contribution >= 4 is 16.8 Å². The maximum absolute atomic E-state index is 10.6. The average Bonchev–Trinajstić information content (AvgIpc) is 2.05. The van der Waals surface area contributed by atoms with Crippen LogP contribution in [0.15, 0.2) is 23.4 Å². The van der Waals surface area contributed by atoms with Crippen molar-refractivity contribution in [2.75, 3.05) is 7.05 Å². The van der Waals surface area contributed by atoms with Gasteiger partial charge in [-0.2, -0.15) is 0 Å². The molecule has 1 aliphatic rings. The molecule has 0 amide bonds. The molecule has 2 nitrogen and oxygen atoms in total. The molecule has 0 bridgehead atoms. The van der Waals surface area contributed by atoms with Crippen LogP contribution in [0.2, 0.25) is 0 Å². The first-order valence-corrected chi connectivity index (χ1v) is 3.89. The molecule has 3 heteroatoms. The molecule has 0 fully saturated rings. The predicted molar refractivity (Wildman–Crippen MR) is 45.3 cm³/mol. The van der Waals surface area contributed by atoms with Crippen LogP contribution in [-0.4, -0.2) is 12.3 Å². The van der Waals surface area contributed by atoms with Crippen LogP contribution in [0.3, 0.4) is 0 Å². The summed E-state index contributed by atoms with van der Waals surface area (Å²) < 4.78 is 0. The molecule has 0 saturated heterocycles. The Morgan fingerprint density at radius 2 is 2.27 bits per heavy atom. The van der Waals surface area contributed by atoms with E-state index in [9.17, 15) is 4.79 Å². The molecule has 0 unspecified atom stereocenters. The van der Waals surface area contributed by atoms with Gasteiger partial charge in [0, 0.05) is 18.3 Å². The lowest BCUT2D eigenvalue weighted by molar-refractivity contribution is -0.108. The quantitative estimate of drug-likeness (QED) is 0.640. The van der Waals surface area contributed by atoms with Crippen molar-refractivity contribution in [3.63, 3.8) is 0 Å². The van der Waals surface area contributed by atoms with E-state index in [0.29, 0.717) is 5.57 Å². The Bertz CT molecular complexity index is 230. The van der Waals surface area contributed by atoms with Gasteiger partial charge in [-0.3, -0.25) is 4.79 Å². The van der Waals surface area contributed by atoms with Gasteiger partial charge in [0.2, 0.25) is 5.24 Å². The van der Waals surface area contributed by atoms with E-state index in [4.69, 9.17) is 11.6 Å². The van der Waals surface area contributed by atoms with E-state index in [-0.39, 0.29) is 5.24 Å². The maximum atomic E-state index is 10.6. The summed E-state index contributed by atoms with van der Waals surface area (Å²) in [6.07, 6.45) is 5.28. The minimum atomic E-state index is -0.337. The summed E-state index contributed by atoms with van der Waals surface area (Å²) in [6, 6.07) is 0. The van der Waals surface area contributed by atoms with Gasteiger partial charge in [-0.25, -0.2) is 0 Å². The van der Waals surface area contributed by atoms with Crippen LogP contribution in [0.25, 0.3) is 0 Å². The minimum absolute atomic E-state index is 0.337. The molecule has 1 aliphatic carbocycles. The molecular formula is C8H10ClNO. The third-order valence-corrected chi connectivity index (χ3v) is 1.97. The molecular weight excluding hydrogens is 162 g/mol. The fourth-order valence-corrected chi connectivity index (χ4v) is 1.17. The summed E-state index contributed by atoms with van der Waals surface area (Å²) in [6.45, 7) is 0. The molecule has 0 saturated carbocycles. The number of allylic oxidation sites excluding steroid dienone is 4. The Kier molecular flexibility index (Phi) is 2.71. The lowest BCUT2D eigenvalue weighted by atomic mass is 10.0. The van der Waals surface area contributed by atoms with Crippen LogP contribution in [0.1, 0.15) is 12.8 Å². The summed E-state index contributed by atoms with van der Waals surface area (Å²) >= 11 is 5.29. The molecule has 0 aromatic rings. The highest BCUT2D eigenvalue weighted by Crippen LogP contribution is 2.17. The molecule has 60 valence electrons. The SMILES string of the molecule is CNC1=CC=C(C(=O)Cl)CC1. The first-order valence-electron chi connectivity index (χ1n) is 3.51. The van der Waals surface area contributed by atoms with Crippen molar-refractivity contribution in [2.45, 2.75) is 12.8 Å². The highest BCUT2D eigenvalue weighted by molar-refractivity contribution is 6.67. The van der Waals surface area contributed by atoms with Gasteiger partial charge in [0.05, 0.1) is 0 Å². The maximum Gasteiger partial charge on any atom is 0.248 e. The smallest absolute Gasteiger partial charge is 0.248 e. The lowest BCUT2D eigenvalue weighted by Crippen LogP contribution is -2.09. The Hall–Kier alpha value is -0.760. The van der Waals surface area contributed by atoms with Gasteiger partial charge >= 0.3 is 0 Å². The van der Waals surface area contributed by atoms with Gasteiger partial charge in [0.1, 0.15) is 0 Å². The van der Waals surface area contributed by atoms with E-state index >= 15 is 0 Å². The molecule has 0 aromatic heterocycles. The second-order valence-electron chi connectivity index (χ2n) is 2.41. The zero-order valence-corrected chi connectivity index (χ0v) is 7.11. The normalized spacial score (nSPS) is 16.9. The van der Waals surface area contributed by atoms with E-state index in [1.165, 1.54) is 0 Å². The van der Waals surface area contributed by atoms with Gasteiger partial charge < -0.3 is 5.32 Å². The van der Waals surface area contributed by atoms with Crippen LogP contribution in [0.5, 0.6) is 0 Å². The van der Waals surface area contributed by atoms with Crippen molar-refractivity contribution in [2.24, 2.45) is 0 Å². The zero-order valence-electron chi connectivity index (χ0n) is 6.36. The summed E-state index contributed by atoms with van der Waals surface area (Å²) in [4.78, 5) is 10.6. The average molecular weight is 172 g/mol. The van der Waals surface area contributed by atoms with E-state index in [1.807, 2.05) is 13.1 Å². The van der Waals surface area contributed by atoms with E-state index in [1.54, 1.807) is 6.08 Å². The van der Waals surface area contributed by atoms with E-state index in [0.717, 1.165) is 18.5 Å². The number of hydrogen-bond acceptors (Lipinski definition) is 2. The summed E-state index contributed by atoms with van der Waals surface area (Å²) in [5.74, 6) is 0. The van der Waals surface area contributed by atoms with Gasteiger partial charge in [0.15, 0.2) is 0 Å². The number of halogens is 1. The summed E-state index contributed by atoms with van der Waals surface area (Å²) in [5.41, 5.74) is 1.84. The Labute approximate surface area is 70.9 Å². The highest BCUT2D eigenvalue weighted by Gasteiger charge is 2.09. The number of carbonyl (C=O) groups excluding carboxylic acids is 1.